The van der Waals surface area contributed by atoms with E-state index in [-0.39, 0.29) is 11.1 Å². The Labute approximate surface area is 106 Å². The van der Waals surface area contributed by atoms with E-state index in [4.69, 9.17) is 0 Å². The molecule has 0 bridgehead atoms. The zero-order valence-electron chi connectivity index (χ0n) is 8.45. The lowest BCUT2D eigenvalue weighted by atomic mass is 10.1. The Hall–Kier alpha value is -0.700. The van der Waals surface area contributed by atoms with Gasteiger partial charge in [-0.25, -0.2) is 4.79 Å². The average molecular weight is 358 g/mol. The highest BCUT2D eigenvalue weighted by Gasteiger charge is 2.20. The van der Waals surface area contributed by atoms with Gasteiger partial charge in [-0.15, -0.1) is 3.89 Å². The Kier molecular flexibility index (Phi) is 3.89. The molecule has 0 spiro atoms. The summed E-state index contributed by atoms with van der Waals surface area (Å²) in [5.74, 6) is -0.706. The molecule has 0 aliphatic rings. The zero-order chi connectivity index (χ0) is 12.5. The predicted octanol–water partition coefficient (Wildman–Crippen LogP) is 2.04. The van der Waals surface area contributed by atoms with Crippen LogP contribution in [-0.2, 0) is 15.0 Å². The highest BCUT2D eigenvalue weighted by molar-refractivity contribution is 14.1. The van der Waals surface area contributed by atoms with Crippen LogP contribution in [0.25, 0.3) is 0 Å². The maximum absolute atomic E-state index is 12.9. The van der Waals surface area contributed by atoms with Gasteiger partial charge < -0.3 is 4.74 Å². The van der Waals surface area contributed by atoms with Crippen LogP contribution < -0.4 is 0 Å². The molecular formula is C9H8FIO4S. The Morgan fingerprint density at radius 2 is 2.00 bits per heavy atom. The molecule has 88 valence electrons. The molecule has 1 rings (SSSR count). The molecule has 0 aliphatic heterocycles. The maximum Gasteiger partial charge on any atom is 0.337 e. The first-order valence-electron chi connectivity index (χ1n) is 4.10. The van der Waals surface area contributed by atoms with Crippen LogP contribution in [0.3, 0.4) is 0 Å². The number of benzene rings is 1. The Morgan fingerprint density at radius 1 is 1.44 bits per heavy atom. The maximum atomic E-state index is 12.9. The topological polar surface area (TPSA) is 60.4 Å². The summed E-state index contributed by atoms with van der Waals surface area (Å²) >= 11 is 1.83. The van der Waals surface area contributed by atoms with E-state index in [9.17, 15) is 17.1 Å². The third-order valence-electron chi connectivity index (χ3n) is 1.98. The van der Waals surface area contributed by atoms with Crippen LogP contribution >= 0.6 is 22.6 Å². The molecule has 0 aliphatic carbocycles. The number of esters is 1. The summed E-state index contributed by atoms with van der Waals surface area (Å²) in [6.07, 6.45) is 0. The van der Waals surface area contributed by atoms with Crippen molar-refractivity contribution in [2.24, 2.45) is 0 Å². The SMILES string of the molecule is COC(=O)c1cc(I)c(C)c(S(=O)(=O)F)c1. The summed E-state index contributed by atoms with van der Waals surface area (Å²) in [5, 5.41) is 0. The molecule has 7 heteroatoms. The highest BCUT2D eigenvalue weighted by atomic mass is 127. The molecule has 16 heavy (non-hydrogen) atoms. The van der Waals surface area contributed by atoms with Crippen LogP contribution in [0.15, 0.2) is 17.0 Å². The van der Waals surface area contributed by atoms with E-state index in [0.717, 1.165) is 6.07 Å². The Morgan fingerprint density at radius 3 is 2.44 bits per heavy atom. The average Bonchev–Trinajstić information content (AvgIpc) is 2.18. The van der Waals surface area contributed by atoms with E-state index in [1.54, 1.807) is 0 Å². The minimum Gasteiger partial charge on any atom is -0.465 e. The minimum absolute atomic E-state index is 0.00808. The zero-order valence-corrected chi connectivity index (χ0v) is 11.4. The first kappa shape index (κ1) is 13.4. The first-order chi connectivity index (χ1) is 7.27. The third-order valence-corrected chi connectivity index (χ3v) is 4.05. The molecule has 0 saturated heterocycles. The van der Waals surface area contributed by atoms with Crippen LogP contribution in [0.5, 0.6) is 0 Å². The molecular weight excluding hydrogens is 350 g/mol. The summed E-state index contributed by atoms with van der Waals surface area (Å²) in [5.41, 5.74) is 0.282. The van der Waals surface area contributed by atoms with Gasteiger partial charge >= 0.3 is 16.2 Å². The smallest absolute Gasteiger partial charge is 0.337 e. The van der Waals surface area contributed by atoms with Crippen LogP contribution in [-0.4, -0.2) is 21.5 Å². The molecule has 4 nitrogen and oxygen atoms in total. The van der Waals surface area contributed by atoms with Crippen LogP contribution in [0.1, 0.15) is 15.9 Å². The molecule has 0 aromatic heterocycles. The number of ether oxygens (including phenoxy) is 1. The lowest BCUT2D eigenvalue weighted by Crippen LogP contribution is -2.06. The number of rotatable bonds is 2. The van der Waals surface area contributed by atoms with Crippen molar-refractivity contribution in [1.29, 1.82) is 0 Å². The summed E-state index contributed by atoms with van der Waals surface area (Å²) in [4.78, 5) is 10.7. The van der Waals surface area contributed by atoms with Crippen molar-refractivity contribution in [2.45, 2.75) is 11.8 Å². The summed E-state index contributed by atoms with van der Waals surface area (Å²) < 4.78 is 39.5. The third kappa shape index (κ3) is 2.70. The molecule has 0 amide bonds. The fourth-order valence-electron chi connectivity index (χ4n) is 1.14. The van der Waals surface area contributed by atoms with Gasteiger partial charge in [-0.2, -0.15) is 8.42 Å². The van der Waals surface area contributed by atoms with Gasteiger partial charge in [0.15, 0.2) is 0 Å². The molecule has 0 saturated carbocycles. The van der Waals surface area contributed by atoms with Crippen molar-refractivity contribution in [3.05, 3.63) is 26.8 Å². The van der Waals surface area contributed by atoms with Gasteiger partial charge in [0.1, 0.15) is 4.90 Å². The van der Waals surface area contributed by atoms with Crippen molar-refractivity contribution >= 4 is 38.8 Å². The number of carbonyl (C=O) groups excluding carboxylic acids is 1. The largest absolute Gasteiger partial charge is 0.465 e. The Balaban J connectivity index is 3.52. The standard InChI is InChI=1S/C9H8FIO4S/c1-5-7(11)3-6(9(12)15-2)4-8(5)16(10,13)14/h3-4H,1-2H3. The van der Waals surface area contributed by atoms with Gasteiger partial charge in [0.25, 0.3) is 0 Å². The van der Waals surface area contributed by atoms with Gasteiger partial charge in [0, 0.05) is 3.57 Å². The number of halogens is 2. The summed E-state index contributed by atoms with van der Waals surface area (Å²) in [6.45, 7) is 1.47. The Bertz CT molecular complexity index is 539. The van der Waals surface area contributed by atoms with Crippen molar-refractivity contribution in [3.8, 4) is 0 Å². The van der Waals surface area contributed by atoms with E-state index in [1.165, 1.54) is 20.1 Å². The van der Waals surface area contributed by atoms with Crippen molar-refractivity contribution < 1.29 is 21.8 Å². The van der Waals surface area contributed by atoms with E-state index < -0.39 is 21.1 Å². The van der Waals surface area contributed by atoms with Crippen molar-refractivity contribution in [2.75, 3.05) is 7.11 Å². The fourth-order valence-corrected chi connectivity index (χ4v) is 2.70. The second-order valence-electron chi connectivity index (χ2n) is 3.01. The van der Waals surface area contributed by atoms with E-state index in [0.29, 0.717) is 3.57 Å². The van der Waals surface area contributed by atoms with Crippen LogP contribution in [0, 0.1) is 10.5 Å². The number of hydrogen-bond donors (Lipinski definition) is 0. The van der Waals surface area contributed by atoms with Gasteiger partial charge in [-0.3, -0.25) is 0 Å². The molecule has 0 heterocycles. The number of carbonyl (C=O) groups is 1. The number of methoxy groups -OCH3 is 1. The molecule has 1 aromatic rings. The lowest BCUT2D eigenvalue weighted by Gasteiger charge is -2.06. The molecule has 1 aromatic carbocycles. The monoisotopic (exact) mass is 358 g/mol. The molecule has 0 atom stereocenters. The van der Waals surface area contributed by atoms with E-state index in [2.05, 4.69) is 4.74 Å². The first-order valence-corrected chi connectivity index (χ1v) is 6.56. The van der Waals surface area contributed by atoms with Gasteiger partial charge in [-0.1, -0.05) is 0 Å². The normalized spacial score (nSPS) is 11.2. The molecule has 0 fully saturated rings. The van der Waals surface area contributed by atoms with Crippen LogP contribution in [0.4, 0.5) is 3.89 Å². The van der Waals surface area contributed by atoms with Gasteiger partial charge in [-0.05, 0) is 47.2 Å². The lowest BCUT2D eigenvalue weighted by molar-refractivity contribution is 0.0600. The predicted molar refractivity (Wildman–Crippen MR) is 63.5 cm³/mol. The number of hydrogen-bond acceptors (Lipinski definition) is 4. The second-order valence-corrected chi connectivity index (χ2v) is 5.49. The second kappa shape index (κ2) is 4.66. The molecule has 0 radical (unpaired) electrons. The van der Waals surface area contributed by atoms with Crippen molar-refractivity contribution in [1.82, 2.24) is 0 Å². The minimum atomic E-state index is -4.83. The van der Waals surface area contributed by atoms with Crippen molar-refractivity contribution in [3.63, 3.8) is 0 Å². The summed E-state index contributed by atoms with van der Waals surface area (Å²) in [7, 11) is -3.67. The quantitative estimate of drug-likeness (QED) is 0.461. The van der Waals surface area contributed by atoms with Gasteiger partial charge in [0.2, 0.25) is 0 Å². The summed E-state index contributed by atoms with van der Waals surface area (Å²) in [6, 6.07) is 2.41. The van der Waals surface area contributed by atoms with Crippen LogP contribution in [0.2, 0.25) is 0 Å². The molecule has 0 N–H and O–H groups in total. The van der Waals surface area contributed by atoms with E-state index >= 15 is 0 Å². The molecule has 0 unspecified atom stereocenters. The van der Waals surface area contributed by atoms with E-state index in [1.807, 2.05) is 22.6 Å². The van der Waals surface area contributed by atoms with Gasteiger partial charge in [0.05, 0.1) is 12.7 Å². The highest BCUT2D eigenvalue weighted by Crippen LogP contribution is 2.24. The fraction of sp³-hybridized carbons (Fsp3) is 0.222.